The van der Waals surface area contributed by atoms with Crippen LogP contribution in [0.5, 0.6) is 0 Å². The summed E-state index contributed by atoms with van der Waals surface area (Å²) in [4.78, 5) is 14.5. The minimum atomic E-state index is -1.99. The molecule has 2 rings (SSSR count). The fraction of sp³-hybridized carbons (Fsp3) is 0.682. The van der Waals surface area contributed by atoms with Gasteiger partial charge in [0, 0.05) is 16.7 Å². The third-order valence-electron chi connectivity index (χ3n) is 5.56. The molecule has 1 saturated heterocycles. The second-order valence-corrected chi connectivity index (χ2v) is 16.2. The number of carbonyl (C=O) groups excluding carboxylic acids is 1. The van der Waals surface area contributed by atoms with Crippen LogP contribution in [0.4, 0.5) is 10.5 Å². The molecular formula is C22H37BrN2O3Si. The molecule has 0 spiro atoms. The van der Waals surface area contributed by atoms with Crippen LogP contribution in [-0.4, -0.2) is 50.1 Å². The van der Waals surface area contributed by atoms with Crippen LogP contribution in [0.3, 0.4) is 0 Å². The summed E-state index contributed by atoms with van der Waals surface area (Å²) in [7, 11) is -1.99. The van der Waals surface area contributed by atoms with E-state index in [2.05, 4.69) is 80.2 Å². The van der Waals surface area contributed by atoms with Crippen molar-refractivity contribution in [3.8, 4) is 0 Å². The number of anilines is 1. The number of hydrogen-bond acceptors (Lipinski definition) is 4. The maximum Gasteiger partial charge on any atom is 0.410 e. The molecule has 0 aromatic heterocycles. The normalized spacial score (nSPS) is 20.7. The molecule has 1 aliphatic heterocycles. The summed E-state index contributed by atoms with van der Waals surface area (Å²) in [5.74, 6) is 0. The molecule has 29 heavy (non-hydrogen) atoms. The van der Waals surface area contributed by atoms with Gasteiger partial charge in [0.2, 0.25) is 0 Å². The van der Waals surface area contributed by atoms with E-state index in [4.69, 9.17) is 9.16 Å². The van der Waals surface area contributed by atoms with Gasteiger partial charge in [-0.1, -0.05) is 36.7 Å². The number of nitrogens with zero attached hydrogens (tertiary/aromatic N) is 1. The van der Waals surface area contributed by atoms with Crippen LogP contribution in [0, 0.1) is 6.92 Å². The van der Waals surface area contributed by atoms with E-state index in [0.717, 1.165) is 10.2 Å². The average molecular weight is 486 g/mol. The van der Waals surface area contributed by atoms with E-state index in [1.807, 2.05) is 20.8 Å². The number of halogens is 1. The molecule has 0 aliphatic carbocycles. The number of amides is 1. The van der Waals surface area contributed by atoms with Crippen molar-refractivity contribution in [2.45, 2.75) is 84.3 Å². The van der Waals surface area contributed by atoms with Crippen LogP contribution >= 0.6 is 15.9 Å². The van der Waals surface area contributed by atoms with Gasteiger partial charge in [-0.3, -0.25) is 0 Å². The number of carbonyl (C=O) groups is 1. The van der Waals surface area contributed by atoms with Crippen molar-refractivity contribution >= 4 is 36.0 Å². The van der Waals surface area contributed by atoms with E-state index in [1.165, 1.54) is 5.56 Å². The number of ether oxygens (including phenoxy) is 1. The smallest absolute Gasteiger partial charge is 0.410 e. The predicted octanol–water partition coefficient (Wildman–Crippen LogP) is 6.18. The highest BCUT2D eigenvalue weighted by Crippen LogP contribution is 2.38. The minimum absolute atomic E-state index is 0.00495. The third kappa shape index (κ3) is 6.72. The molecule has 0 radical (unpaired) electrons. The molecule has 0 saturated carbocycles. The summed E-state index contributed by atoms with van der Waals surface area (Å²) >= 11 is 3.57. The Labute approximate surface area is 185 Å². The lowest BCUT2D eigenvalue weighted by Crippen LogP contribution is -2.48. The quantitative estimate of drug-likeness (QED) is 0.518. The van der Waals surface area contributed by atoms with Crippen LogP contribution in [-0.2, 0) is 9.16 Å². The number of aryl methyl sites for hydroxylation is 1. The largest absolute Gasteiger partial charge is 0.444 e. The first kappa shape index (κ1) is 24.2. The molecule has 1 N–H and O–H groups in total. The number of hydrogen-bond donors (Lipinski definition) is 1. The summed E-state index contributed by atoms with van der Waals surface area (Å²) in [6.07, 6.45) is -0.362. The second-order valence-electron chi connectivity index (χ2n) is 10.6. The Bertz CT molecular complexity index is 720. The molecule has 1 amide bonds. The van der Waals surface area contributed by atoms with Crippen LogP contribution in [0.2, 0.25) is 18.1 Å². The lowest BCUT2D eigenvalue weighted by Gasteiger charge is -2.39. The molecular weight excluding hydrogens is 448 g/mol. The van der Waals surface area contributed by atoms with E-state index in [9.17, 15) is 4.79 Å². The standard InChI is InChI=1S/C22H37BrN2O3Si/c1-15-10-16(23)12-17(11-15)24-18-13-25(20(26)27-21(2,3)4)14-19(18)28-29(8,9)22(5,6)7/h10-12,18-19,24H,13-14H2,1-9H3/t18-,19-/m0/s1. The number of benzene rings is 1. The maximum atomic E-state index is 12.7. The summed E-state index contributed by atoms with van der Waals surface area (Å²) < 4.78 is 13.4. The van der Waals surface area contributed by atoms with Crippen molar-refractivity contribution in [2.75, 3.05) is 18.4 Å². The number of likely N-dealkylation sites (tertiary alicyclic amines) is 1. The summed E-state index contributed by atoms with van der Waals surface area (Å²) in [5.41, 5.74) is 1.68. The molecule has 5 nitrogen and oxygen atoms in total. The van der Waals surface area contributed by atoms with E-state index >= 15 is 0 Å². The van der Waals surface area contributed by atoms with Gasteiger partial charge in [-0.2, -0.15) is 0 Å². The van der Waals surface area contributed by atoms with E-state index < -0.39 is 13.9 Å². The summed E-state index contributed by atoms with van der Waals surface area (Å²) in [6.45, 7) is 20.1. The highest BCUT2D eigenvalue weighted by Gasteiger charge is 2.45. The first-order valence-corrected chi connectivity index (χ1v) is 14.0. The van der Waals surface area contributed by atoms with Crippen molar-refractivity contribution in [1.82, 2.24) is 4.90 Å². The van der Waals surface area contributed by atoms with Gasteiger partial charge in [0.15, 0.2) is 8.32 Å². The monoisotopic (exact) mass is 484 g/mol. The Kier molecular flexibility index (Phi) is 7.18. The zero-order valence-corrected chi connectivity index (χ0v) is 21.9. The molecule has 1 fully saturated rings. The first-order valence-electron chi connectivity index (χ1n) is 10.3. The molecule has 1 aliphatic rings. The zero-order valence-electron chi connectivity index (χ0n) is 19.4. The molecule has 0 bridgehead atoms. The highest BCUT2D eigenvalue weighted by molar-refractivity contribution is 9.10. The molecule has 1 aromatic carbocycles. The Morgan fingerprint density at radius 3 is 2.28 bits per heavy atom. The molecule has 1 aromatic rings. The number of rotatable bonds is 4. The first-order chi connectivity index (χ1) is 13.1. The minimum Gasteiger partial charge on any atom is -0.444 e. The molecule has 7 heteroatoms. The fourth-order valence-corrected chi connectivity index (χ4v) is 5.05. The van der Waals surface area contributed by atoms with Gasteiger partial charge < -0.3 is 19.4 Å². The van der Waals surface area contributed by atoms with Gasteiger partial charge in [0.05, 0.1) is 18.7 Å². The van der Waals surface area contributed by atoms with Gasteiger partial charge in [-0.15, -0.1) is 0 Å². The van der Waals surface area contributed by atoms with Crippen molar-refractivity contribution in [2.24, 2.45) is 0 Å². The Hall–Kier alpha value is -1.05. The Balaban J connectivity index is 2.24. The van der Waals surface area contributed by atoms with Crippen molar-refractivity contribution < 1.29 is 14.0 Å². The second kappa shape index (κ2) is 8.59. The molecule has 164 valence electrons. The van der Waals surface area contributed by atoms with Gasteiger partial charge >= 0.3 is 6.09 Å². The third-order valence-corrected chi connectivity index (χ3v) is 10.5. The van der Waals surface area contributed by atoms with Crippen molar-refractivity contribution in [3.63, 3.8) is 0 Å². The molecule has 2 atom stereocenters. The average Bonchev–Trinajstić information content (AvgIpc) is 2.85. The Morgan fingerprint density at radius 1 is 1.14 bits per heavy atom. The maximum absolute atomic E-state index is 12.7. The Morgan fingerprint density at radius 2 is 1.76 bits per heavy atom. The van der Waals surface area contributed by atoms with Gasteiger partial charge in [0.1, 0.15) is 5.60 Å². The molecule has 0 unspecified atom stereocenters. The van der Waals surface area contributed by atoms with Crippen LogP contribution < -0.4 is 5.32 Å². The lowest BCUT2D eigenvalue weighted by molar-refractivity contribution is 0.0273. The van der Waals surface area contributed by atoms with Crippen molar-refractivity contribution in [3.05, 3.63) is 28.2 Å². The van der Waals surface area contributed by atoms with E-state index in [1.54, 1.807) is 4.90 Å². The van der Waals surface area contributed by atoms with Crippen LogP contribution in [0.25, 0.3) is 0 Å². The summed E-state index contributed by atoms with van der Waals surface area (Å²) in [5, 5.41) is 3.71. The lowest BCUT2D eigenvalue weighted by atomic mass is 10.1. The number of nitrogens with one attached hydrogen (secondary N) is 1. The van der Waals surface area contributed by atoms with Crippen molar-refractivity contribution in [1.29, 1.82) is 0 Å². The van der Waals surface area contributed by atoms with E-state index in [-0.39, 0.29) is 23.3 Å². The van der Waals surface area contributed by atoms with Crippen LogP contribution in [0.15, 0.2) is 22.7 Å². The topological polar surface area (TPSA) is 50.8 Å². The molecule has 1 heterocycles. The van der Waals surface area contributed by atoms with E-state index in [0.29, 0.717) is 13.1 Å². The predicted molar refractivity (Wildman–Crippen MR) is 126 cm³/mol. The van der Waals surface area contributed by atoms with Gasteiger partial charge in [0.25, 0.3) is 0 Å². The SMILES string of the molecule is Cc1cc(Br)cc(N[C@H]2CN(C(=O)OC(C)(C)C)C[C@@H]2O[Si](C)(C)C(C)(C)C)c1. The zero-order chi connectivity index (χ0) is 22.2. The van der Waals surface area contributed by atoms with Crippen LogP contribution in [0.1, 0.15) is 47.1 Å². The highest BCUT2D eigenvalue weighted by atomic mass is 79.9. The fourth-order valence-electron chi connectivity index (χ4n) is 3.10. The van der Waals surface area contributed by atoms with Gasteiger partial charge in [-0.25, -0.2) is 4.79 Å². The summed E-state index contributed by atoms with van der Waals surface area (Å²) in [6, 6.07) is 6.26. The van der Waals surface area contributed by atoms with Gasteiger partial charge in [-0.05, 0) is 69.6 Å².